The van der Waals surface area contributed by atoms with Crippen LogP contribution < -0.4 is 0 Å². The minimum absolute atomic E-state index is 0.0359. The molecule has 16 heavy (non-hydrogen) atoms. The first-order valence-corrected chi connectivity index (χ1v) is 6.35. The molecule has 2 saturated heterocycles. The van der Waals surface area contributed by atoms with E-state index in [4.69, 9.17) is 0 Å². The predicted molar refractivity (Wildman–Crippen MR) is 58.2 cm³/mol. The summed E-state index contributed by atoms with van der Waals surface area (Å²) in [4.78, 5) is 24.4. The van der Waals surface area contributed by atoms with Gasteiger partial charge in [0.25, 0.3) is 5.91 Å². The van der Waals surface area contributed by atoms with Crippen molar-refractivity contribution in [3.8, 4) is 0 Å². The van der Waals surface area contributed by atoms with Crippen molar-refractivity contribution in [2.75, 3.05) is 13.1 Å². The molecule has 1 aliphatic carbocycles. The summed E-state index contributed by atoms with van der Waals surface area (Å²) < 4.78 is 0. The van der Waals surface area contributed by atoms with E-state index in [9.17, 15) is 9.59 Å². The van der Waals surface area contributed by atoms with Crippen LogP contribution in [-0.4, -0.2) is 34.9 Å². The molecule has 3 aliphatic rings. The normalized spacial score (nSPS) is 29.9. The Kier molecular flexibility index (Phi) is 2.28. The van der Waals surface area contributed by atoms with E-state index in [1.54, 1.807) is 0 Å². The van der Waals surface area contributed by atoms with Crippen LogP contribution in [0.25, 0.3) is 0 Å². The van der Waals surface area contributed by atoms with Crippen molar-refractivity contribution < 1.29 is 9.59 Å². The largest absolute Gasteiger partial charge is 0.273 e. The lowest BCUT2D eigenvalue weighted by atomic mass is 9.85. The Bertz CT molecular complexity index is 328. The second-order valence-electron chi connectivity index (χ2n) is 5.34. The molecule has 2 aliphatic heterocycles. The maximum absolute atomic E-state index is 12.4. The van der Waals surface area contributed by atoms with Crippen LogP contribution in [-0.2, 0) is 9.59 Å². The fourth-order valence-corrected chi connectivity index (χ4v) is 3.41. The first-order chi connectivity index (χ1) is 7.73. The average molecular weight is 222 g/mol. The van der Waals surface area contributed by atoms with Gasteiger partial charge in [-0.1, -0.05) is 12.8 Å². The zero-order valence-electron chi connectivity index (χ0n) is 9.57. The molecular weight excluding hydrogens is 204 g/mol. The lowest BCUT2D eigenvalue weighted by Gasteiger charge is -2.27. The average Bonchev–Trinajstić information content (AvgIpc) is 2.92. The van der Waals surface area contributed by atoms with Crippen molar-refractivity contribution in [3.63, 3.8) is 0 Å². The van der Waals surface area contributed by atoms with Gasteiger partial charge in [0.1, 0.15) is 0 Å². The van der Waals surface area contributed by atoms with Gasteiger partial charge in [0, 0.05) is 19.5 Å². The summed E-state index contributed by atoms with van der Waals surface area (Å²) in [6.07, 6.45) is 6.71. The molecule has 0 aromatic carbocycles. The summed E-state index contributed by atoms with van der Waals surface area (Å²) in [5.41, 5.74) is -0.306. The SMILES string of the molecule is O=C1CC2(CCCC2)C(=O)N1N1CCCC1. The fourth-order valence-electron chi connectivity index (χ4n) is 3.41. The van der Waals surface area contributed by atoms with E-state index in [-0.39, 0.29) is 17.2 Å². The topological polar surface area (TPSA) is 40.6 Å². The van der Waals surface area contributed by atoms with E-state index in [0.717, 1.165) is 51.6 Å². The first kappa shape index (κ1) is 10.3. The minimum atomic E-state index is -0.306. The van der Waals surface area contributed by atoms with Crippen LogP contribution in [0.4, 0.5) is 0 Å². The van der Waals surface area contributed by atoms with Crippen molar-refractivity contribution >= 4 is 11.8 Å². The first-order valence-electron chi connectivity index (χ1n) is 6.35. The smallest absolute Gasteiger partial charge is 0.250 e. The van der Waals surface area contributed by atoms with Gasteiger partial charge in [-0.15, -0.1) is 0 Å². The molecule has 3 fully saturated rings. The molecule has 0 aromatic heterocycles. The van der Waals surface area contributed by atoms with E-state index >= 15 is 0 Å². The Morgan fingerprint density at radius 1 is 0.938 bits per heavy atom. The monoisotopic (exact) mass is 222 g/mol. The molecule has 0 atom stereocenters. The van der Waals surface area contributed by atoms with Crippen LogP contribution in [0.5, 0.6) is 0 Å². The van der Waals surface area contributed by atoms with Gasteiger partial charge in [-0.2, -0.15) is 0 Å². The molecule has 4 nitrogen and oxygen atoms in total. The molecule has 88 valence electrons. The highest BCUT2D eigenvalue weighted by molar-refractivity contribution is 6.05. The van der Waals surface area contributed by atoms with Gasteiger partial charge in [-0.05, 0) is 25.7 Å². The van der Waals surface area contributed by atoms with Gasteiger partial charge >= 0.3 is 0 Å². The highest BCUT2D eigenvalue weighted by Crippen LogP contribution is 2.47. The lowest BCUT2D eigenvalue weighted by Crippen LogP contribution is -2.46. The van der Waals surface area contributed by atoms with Gasteiger partial charge in [-0.3, -0.25) is 9.59 Å². The van der Waals surface area contributed by atoms with Crippen LogP contribution in [0, 0.1) is 5.41 Å². The molecule has 0 N–H and O–H groups in total. The zero-order chi connectivity index (χ0) is 11.2. The molecule has 4 heteroatoms. The number of hydrogen-bond acceptors (Lipinski definition) is 3. The Morgan fingerprint density at radius 2 is 1.56 bits per heavy atom. The minimum Gasteiger partial charge on any atom is -0.273 e. The molecular formula is C12H18N2O2. The molecule has 0 aromatic rings. The van der Waals surface area contributed by atoms with E-state index in [2.05, 4.69) is 0 Å². The van der Waals surface area contributed by atoms with E-state index in [0.29, 0.717) is 6.42 Å². The third kappa shape index (κ3) is 1.32. The lowest BCUT2D eigenvalue weighted by molar-refractivity contribution is -0.158. The summed E-state index contributed by atoms with van der Waals surface area (Å²) in [7, 11) is 0. The summed E-state index contributed by atoms with van der Waals surface area (Å²) in [6.45, 7) is 1.74. The number of hydrazine groups is 1. The molecule has 1 spiro atoms. The molecule has 3 rings (SSSR count). The summed E-state index contributed by atoms with van der Waals surface area (Å²) in [6, 6.07) is 0. The summed E-state index contributed by atoms with van der Waals surface area (Å²) in [5.74, 6) is 0.130. The number of amides is 2. The van der Waals surface area contributed by atoms with E-state index < -0.39 is 0 Å². The standard InChI is InChI=1S/C12H18N2O2/c15-10-9-12(5-1-2-6-12)11(16)14(10)13-7-3-4-8-13/h1-9H2. The Morgan fingerprint density at radius 3 is 2.19 bits per heavy atom. The number of imide groups is 1. The highest BCUT2D eigenvalue weighted by Gasteiger charge is 2.54. The molecule has 2 amide bonds. The molecule has 0 radical (unpaired) electrons. The van der Waals surface area contributed by atoms with Gasteiger partial charge in [0.2, 0.25) is 5.91 Å². The summed E-state index contributed by atoms with van der Waals surface area (Å²) in [5, 5.41) is 3.43. The number of hydrogen-bond donors (Lipinski definition) is 0. The van der Waals surface area contributed by atoms with Crippen molar-refractivity contribution in [3.05, 3.63) is 0 Å². The van der Waals surface area contributed by atoms with Crippen molar-refractivity contribution in [2.24, 2.45) is 5.41 Å². The van der Waals surface area contributed by atoms with Crippen LogP contribution >= 0.6 is 0 Å². The maximum atomic E-state index is 12.4. The Labute approximate surface area is 95.5 Å². The third-order valence-corrected chi connectivity index (χ3v) is 4.30. The Balaban J connectivity index is 1.84. The molecule has 2 heterocycles. The van der Waals surface area contributed by atoms with Gasteiger partial charge in [0.05, 0.1) is 5.41 Å². The molecule has 1 saturated carbocycles. The van der Waals surface area contributed by atoms with E-state index in [1.165, 1.54) is 5.01 Å². The number of nitrogens with zero attached hydrogens (tertiary/aromatic N) is 2. The summed E-state index contributed by atoms with van der Waals surface area (Å²) >= 11 is 0. The van der Waals surface area contributed by atoms with Crippen molar-refractivity contribution in [1.82, 2.24) is 10.0 Å². The Hall–Kier alpha value is -0.900. The van der Waals surface area contributed by atoms with Crippen molar-refractivity contribution in [2.45, 2.75) is 44.9 Å². The van der Waals surface area contributed by atoms with Crippen LogP contribution in [0.15, 0.2) is 0 Å². The zero-order valence-corrected chi connectivity index (χ0v) is 9.57. The van der Waals surface area contributed by atoms with Gasteiger partial charge in [-0.25, -0.2) is 10.0 Å². The molecule has 0 bridgehead atoms. The van der Waals surface area contributed by atoms with E-state index in [1.807, 2.05) is 5.01 Å². The fraction of sp³-hybridized carbons (Fsp3) is 0.833. The second-order valence-corrected chi connectivity index (χ2v) is 5.34. The number of carbonyl (C=O) groups excluding carboxylic acids is 2. The number of carbonyl (C=O) groups is 2. The van der Waals surface area contributed by atoms with Crippen LogP contribution in [0.1, 0.15) is 44.9 Å². The quantitative estimate of drug-likeness (QED) is 0.628. The second kappa shape index (κ2) is 3.55. The predicted octanol–water partition coefficient (Wildman–Crippen LogP) is 1.32. The molecule has 0 unspecified atom stereocenters. The van der Waals surface area contributed by atoms with Gasteiger partial charge in [0.15, 0.2) is 0 Å². The van der Waals surface area contributed by atoms with Crippen molar-refractivity contribution in [1.29, 1.82) is 0 Å². The highest BCUT2D eigenvalue weighted by atomic mass is 16.2. The van der Waals surface area contributed by atoms with Crippen LogP contribution in [0.3, 0.4) is 0 Å². The maximum Gasteiger partial charge on any atom is 0.250 e. The van der Waals surface area contributed by atoms with Crippen LogP contribution in [0.2, 0.25) is 0 Å². The third-order valence-electron chi connectivity index (χ3n) is 4.30. The number of rotatable bonds is 1. The van der Waals surface area contributed by atoms with Gasteiger partial charge < -0.3 is 0 Å².